The molecule has 1 amide bonds. The minimum absolute atomic E-state index is 0.0424. The molecular formula is C24H30BNO2. The first-order valence-corrected chi connectivity index (χ1v) is 10.1. The molecule has 0 spiro atoms. The van der Waals surface area contributed by atoms with Gasteiger partial charge in [0.05, 0.1) is 6.10 Å². The van der Waals surface area contributed by atoms with Gasteiger partial charge in [-0.2, -0.15) is 0 Å². The molecule has 2 unspecified atom stereocenters. The molecule has 1 saturated heterocycles. The zero-order valence-corrected chi connectivity index (χ0v) is 17.2. The van der Waals surface area contributed by atoms with Crippen LogP contribution >= 0.6 is 0 Å². The van der Waals surface area contributed by atoms with Crippen LogP contribution in [0.25, 0.3) is 0 Å². The van der Waals surface area contributed by atoms with Crippen molar-refractivity contribution < 1.29 is 9.53 Å². The summed E-state index contributed by atoms with van der Waals surface area (Å²) in [5, 5.41) is 0. The van der Waals surface area contributed by atoms with Crippen molar-refractivity contribution in [1.82, 2.24) is 4.90 Å². The number of morpholine rings is 1. The van der Waals surface area contributed by atoms with Gasteiger partial charge in [-0.25, -0.2) is 0 Å². The lowest BCUT2D eigenvalue weighted by Crippen LogP contribution is -2.54. The highest BCUT2D eigenvalue weighted by Crippen LogP contribution is 2.31. The third kappa shape index (κ3) is 5.26. The average Bonchev–Trinajstić information content (AvgIpc) is 2.68. The summed E-state index contributed by atoms with van der Waals surface area (Å²) >= 11 is 0. The lowest BCUT2D eigenvalue weighted by molar-refractivity contribution is -0.147. The van der Waals surface area contributed by atoms with E-state index < -0.39 is 6.00 Å². The Morgan fingerprint density at radius 2 is 1.57 bits per heavy atom. The molecule has 1 fully saturated rings. The second kappa shape index (κ2) is 8.96. The molecule has 0 aliphatic carbocycles. The van der Waals surface area contributed by atoms with E-state index in [9.17, 15) is 4.79 Å². The molecule has 0 saturated carbocycles. The van der Waals surface area contributed by atoms with Crippen molar-refractivity contribution in [2.45, 2.75) is 51.6 Å². The van der Waals surface area contributed by atoms with Gasteiger partial charge in [0, 0.05) is 31.4 Å². The van der Waals surface area contributed by atoms with Gasteiger partial charge < -0.3 is 9.64 Å². The number of carbonyl (C=O) groups is 1. The van der Waals surface area contributed by atoms with Crippen LogP contribution in [0.5, 0.6) is 0 Å². The van der Waals surface area contributed by atoms with Crippen molar-refractivity contribution in [3.05, 3.63) is 71.8 Å². The number of carbonyl (C=O) groups excluding carboxylic acids is 1. The molecule has 2 aromatic rings. The van der Waals surface area contributed by atoms with Crippen molar-refractivity contribution in [3.63, 3.8) is 0 Å². The zero-order chi connectivity index (χ0) is 20.1. The summed E-state index contributed by atoms with van der Waals surface area (Å²) in [6.45, 7) is 7.45. The van der Waals surface area contributed by atoms with E-state index in [0.29, 0.717) is 19.5 Å². The molecule has 1 heterocycles. The highest BCUT2D eigenvalue weighted by Gasteiger charge is 2.35. The van der Waals surface area contributed by atoms with Gasteiger partial charge in [-0.05, 0) is 23.0 Å². The lowest BCUT2D eigenvalue weighted by Gasteiger charge is -2.43. The fourth-order valence-corrected chi connectivity index (χ4v) is 3.79. The van der Waals surface area contributed by atoms with Crippen LogP contribution in [0.15, 0.2) is 60.7 Å². The predicted molar refractivity (Wildman–Crippen MR) is 114 cm³/mol. The van der Waals surface area contributed by atoms with Crippen LogP contribution in [0.1, 0.15) is 50.7 Å². The van der Waals surface area contributed by atoms with Crippen molar-refractivity contribution in [3.8, 4) is 0 Å². The van der Waals surface area contributed by atoms with Crippen LogP contribution in [0, 0.1) is 5.41 Å². The molecule has 2 radical (unpaired) electrons. The highest BCUT2D eigenvalue weighted by molar-refractivity contribution is 6.11. The monoisotopic (exact) mass is 375 g/mol. The first-order valence-electron chi connectivity index (χ1n) is 10.1. The van der Waals surface area contributed by atoms with E-state index >= 15 is 0 Å². The largest absolute Gasteiger partial charge is 0.381 e. The second-order valence-electron chi connectivity index (χ2n) is 8.74. The predicted octanol–water partition coefficient (Wildman–Crippen LogP) is 4.37. The number of benzene rings is 2. The summed E-state index contributed by atoms with van der Waals surface area (Å²) in [5.74, 6) is 0.365. The van der Waals surface area contributed by atoms with Gasteiger partial charge in [0.25, 0.3) is 0 Å². The summed E-state index contributed by atoms with van der Waals surface area (Å²) in [7, 11) is 6.07. The van der Waals surface area contributed by atoms with E-state index in [-0.39, 0.29) is 23.3 Å². The normalized spacial score (nSPS) is 20.4. The van der Waals surface area contributed by atoms with Crippen LogP contribution in [0.3, 0.4) is 0 Å². The Labute approximate surface area is 170 Å². The number of amides is 1. The number of hydrogen-bond donors (Lipinski definition) is 0. The van der Waals surface area contributed by atoms with Crippen LogP contribution in [0.2, 0.25) is 0 Å². The summed E-state index contributed by atoms with van der Waals surface area (Å²) in [5.41, 5.74) is 2.44. The summed E-state index contributed by atoms with van der Waals surface area (Å²) in [4.78, 5) is 14.9. The van der Waals surface area contributed by atoms with Crippen molar-refractivity contribution in [2.24, 2.45) is 5.41 Å². The van der Waals surface area contributed by atoms with Crippen LogP contribution in [-0.2, 0) is 9.53 Å². The van der Waals surface area contributed by atoms with Crippen LogP contribution in [0.4, 0.5) is 0 Å². The Kier molecular flexibility index (Phi) is 6.61. The van der Waals surface area contributed by atoms with E-state index in [1.807, 2.05) is 17.0 Å². The molecule has 2 aromatic carbocycles. The molecule has 4 heteroatoms. The maximum atomic E-state index is 13.0. The summed E-state index contributed by atoms with van der Waals surface area (Å²) in [6, 6.07) is 20.4. The Bertz CT molecular complexity index is 718. The van der Waals surface area contributed by atoms with Gasteiger partial charge >= 0.3 is 0 Å². The van der Waals surface area contributed by atoms with E-state index in [0.717, 1.165) is 6.42 Å². The third-order valence-corrected chi connectivity index (χ3v) is 5.49. The lowest BCUT2D eigenvalue weighted by atomic mass is 9.85. The van der Waals surface area contributed by atoms with Gasteiger partial charge in [0.15, 0.2) is 0 Å². The van der Waals surface area contributed by atoms with E-state index in [2.05, 4.69) is 69.3 Å². The van der Waals surface area contributed by atoms with Crippen molar-refractivity contribution >= 4 is 13.8 Å². The number of ether oxygens (including phenoxy) is 1. The molecule has 0 aromatic heterocycles. The molecule has 28 heavy (non-hydrogen) atoms. The number of rotatable bonds is 5. The fraction of sp³-hybridized carbons (Fsp3) is 0.458. The molecule has 1 aliphatic rings. The number of nitrogens with zero attached hydrogens (tertiary/aromatic N) is 1. The van der Waals surface area contributed by atoms with Gasteiger partial charge in [-0.15, -0.1) is 0 Å². The Balaban J connectivity index is 1.70. The standard InChI is InChI=1S/C24H30BNO2/c1-24(2,3)21-16-26(17-22(25)28-21)23(27)15-14-20(18-10-6-4-7-11-18)19-12-8-5-9-13-19/h4-13,20-22H,14-17H2,1-3H3. The molecule has 0 N–H and O–H groups in total. The van der Waals surface area contributed by atoms with Crippen molar-refractivity contribution in [2.75, 3.05) is 13.1 Å². The minimum Gasteiger partial charge on any atom is -0.381 e. The molecular weight excluding hydrogens is 345 g/mol. The maximum absolute atomic E-state index is 13.0. The summed E-state index contributed by atoms with van der Waals surface area (Å²) in [6.07, 6.45) is 1.23. The minimum atomic E-state index is -0.416. The van der Waals surface area contributed by atoms with E-state index in [4.69, 9.17) is 12.6 Å². The van der Waals surface area contributed by atoms with Gasteiger partial charge in [0.2, 0.25) is 5.91 Å². The molecule has 3 rings (SSSR count). The first kappa shape index (κ1) is 20.7. The SMILES string of the molecule is [B]C1CN(C(=O)CCC(c2ccccc2)c2ccccc2)CC(C(C)(C)C)O1. The van der Waals surface area contributed by atoms with E-state index in [1.54, 1.807) is 0 Å². The van der Waals surface area contributed by atoms with Crippen molar-refractivity contribution in [1.29, 1.82) is 0 Å². The molecule has 146 valence electrons. The quantitative estimate of drug-likeness (QED) is 0.727. The average molecular weight is 375 g/mol. The Hall–Kier alpha value is -2.07. The third-order valence-electron chi connectivity index (χ3n) is 5.49. The smallest absolute Gasteiger partial charge is 0.222 e. The van der Waals surface area contributed by atoms with E-state index in [1.165, 1.54) is 11.1 Å². The highest BCUT2D eigenvalue weighted by atomic mass is 16.5. The summed E-state index contributed by atoms with van der Waals surface area (Å²) < 4.78 is 5.88. The second-order valence-corrected chi connectivity index (χ2v) is 8.74. The molecule has 1 aliphatic heterocycles. The Morgan fingerprint density at radius 3 is 2.07 bits per heavy atom. The van der Waals surface area contributed by atoms with Gasteiger partial charge in [-0.1, -0.05) is 81.4 Å². The fourth-order valence-electron chi connectivity index (χ4n) is 3.79. The topological polar surface area (TPSA) is 29.5 Å². The maximum Gasteiger partial charge on any atom is 0.222 e. The molecule has 2 atom stereocenters. The van der Waals surface area contributed by atoms with Gasteiger partial charge in [-0.3, -0.25) is 4.79 Å². The van der Waals surface area contributed by atoms with Gasteiger partial charge in [0.1, 0.15) is 7.85 Å². The number of hydrogen-bond acceptors (Lipinski definition) is 2. The first-order chi connectivity index (χ1) is 13.3. The molecule has 3 nitrogen and oxygen atoms in total. The van der Waals surface area contributed by atoms with Crippen LogP contribution in [-0.4, -0.2) is 43.9 Å². The van der Waals surface area contributed by atoms with Crippen LogP contribution < -0.4 is 0 Å². The zero-order valence-electron chi connectivity index (χ0n) is 17.2. The Morgan fingerprint density at radius 1 is 1.04 bits per heavy atom. The molecule has 0 bridgehead atoms.